The maximum Gasteiger partial charge on any atom is 0.234 e. The fourth-order valence-electron chi connectivity index (χ4n) is 2.73. The molecule has 1 amide bonds. The molecule has 0 bridgehead atoms. The molecule has 1 atom stereocenters. The molecule has 0 aliphatic carbocycles. The van der Waals surface area contributed by atoms with Crippen molar-refractivity contribution in [3.05, 3.63) is 64.4 Å². The Morgan fingerprint density at radius 1 is 1.27 bits per heavy atom. The predicted octanol–water partition coefficient (Wildman–Crippen LogP) is 5.21. The van der Waals surface area contributed by atoms with Gasteiger partial charge in [-0.05, 0) is 48.0 Å². The molecule has 2 aromatic carbocycles. The minimum atomic E-state index is -0.855. The number of nitrogens with zero attached hydrogens (tertiary/aromatic N) is 3. The Labute approximate surface area is 185 Å². The molecule has 30 heavy (non-hydrogen) atoms. The SMILES string of the molecule is CCn1c(SCC(=O)Nc2c(F)cc(F)cc2Br)nnc1[C@H](C)Oc1ccccc1. The van der Waals surface area contributed by atoms with E-state index in [2.05, 4.69) is 31.4 Å². The van der Waals surface area contributed by atoms with Crippen molar-refractivity contribution < 1.29 is 18.3 Å². The summed E-state index contributed by atoms with van der Waals surface area (Å²) in [6.07, 6.45) is -0.340. The molecular weight excluding hydrogens is 478 g/mol. The third-order valence-corrected chi connectivity index (χ3v) is 5.68. The van der Waals surface area contributed by atoms with Gasteiger partial charge >= 0.3 is 0 Å². The molecule has 0 saturated carbocycles. The van der Waals surface area contributed by atoms with Gasteiger partial charge in [-0.25, -0.2) is 8.78 Å². The zero-order valence-electron chi connectivity index (χ0n) is 16.2. The number of rotatable bonds is 8. The third kappa shape index (κ3) is 5.37. The number of hydrogen-bond donors (Lipinski definition) is 1. The largest absolute Gasteiger partial charge is 0.483 e. The van der Waals surface area contributed by atoms with Gasteiger partial charge in [-0.3, -0.25) is 4.79 Å². The lowest BCUT2D eigenvalue weighted by Gasteiger charge is -2.15. The molecule has 0 fully saturated rings. The molecule has 0 unspecified atom stereocenters. The van der Waals surface area contributed by atoms with Gasteiger partial charge in [0.05, 0.1) is 11.4 Å². The topological polar surface area (TPSA) is 69.0 Å². The number of carbonyl (C=O) groups excluding carboxylic acids is 1. The highest BCUT2D eigenvalue weighted by atomic mass is 79.9. The molecule has 3 rings (SSSR count). The first-order chi connectivity index (χ1) is 14.4. The number of aromatic nitrogens is 3. The second kappa shape index (κ2) is 10.0. The average Bonchev–Trinajstić information content (AvgIpc) is 3.13. The molecule has 6 nitrogen and oxygen atoms in total. The number of halogens is 3. The molecule has 10 heteroatoms. The number of anilines is 1. The van der Waals surface area contributed by atoms with Crippen molar-refractivity contribution in [3.8, 4) is 5.75 Å². The fraction of sp³-hybridized carbons (Fsp3) is 0.250. The maximum absolute atomic E-state index is 13.9. The number of ether oxygens (including phenoxy) is 1. The van der Waals surface area contributed by atoms with Crippen molar-refractivity contribution in [1.82, 2.24) is 14.8 Å². The molecule has 0 radical (unpaired) electrons. The van der Waals surface area contributed by atoms with Gasteiger partial charge in [-0.15, -0.1) is 10.2 Å². The van der Waals surface area contributed by atoms with E-state index in [0.717, 1.165) is 11.8 Å². The quantitative estimate of drug-likeness (QED) is 0.433. The van der Waals surface area contributed by atoms with Crippen molar-refractivity contribution >= 4 is 39.3 Å². The van der Waals surface area contributed by atoms with E-state index in [1.807, 2.05) is 48.7 Å². The molecule has 0 spiro atoms. The Balaban J connectivity index is 1.65. The van der Waals surface area contributed by atoms with Crippen LogP contribution in [-0.2, 0) is 11.3 Å². The van der Waals surface area contributed by atoms with Crippen LogP contribution in [0.1, 0.15) is 25.8 Å². The molecular formula is C20H19BrF2N4O2S. The Bertz CT molecular complexity index is 1010. The first kappa shape index (κ1) is 22.2. The van der Waals surface area contributed by atoms with Gasteiger partial charge in [0.1, 0.15) is 11.6 Å². The Hall–Kier alpha value is -2.46. The standard InChI is InChI=1S/C20H19BrF2N4O2S/c1-3-27-19(12(2)29-14-7-5-4-6-8-14)25-26-20(27)30-11-17(28)24-18-15(21)9-13(22)10-16(18)23/h4-10,12H,3,11H2,1-2H3,(H,24,28)/t12-/m0/s1. The number of hydrogen-bond acceptors (Lipinski definition) is 5. The summed E-state index contributed by atoms with van der Waals surface area (Å²) in [6, 6.07) is 11.2. The van der Waals surface area contributed by atoms with Crippen LogP contribution in [0.2, 0.25) is 0 Å². The van der Waals surface area contributed by atoms with Gasteiger partial charge in [0.25, 0.3) is 0 Å². The minimum absolute atomic E-state index is 0.0185. The fourth-order valence-corrected chi connectivity index (χ4v) is 4.04. The van der Waals surface area contributed by atoms with E-state index in [-0.39, 0.29) is 22.0 Å². The Morgan fingerprint density at radius 3 is 2.67 bits per heavy atom. The smallest absolute Gasteiger partial charge is 0.234 e. The summed E-state index contributed by atoms with van der Waals surface area (Å²) in [7, 11) is 0. The molecule has 0 saturated heterocycles. The number of nitrogens with one attached hydrogen (secondary N) is 1. The van der Waals surface area contributed by atoms with Crippen LogP contribution < -0.4 is 10.1 Å². The van der Waals surface area contributed by atoms with Crippen molar-refractivity contribution in [2.75, 3.05) is 11.1 Å². The summed E-state index contributed by atoms with van der Waals surface area (Å²) in [5.41, 5.74) is -0.107. The van der Waals surface area contributed by atoms with Crippen molar-refractivity contribution in [2.24, 2.45) is 0 Å². The lowest BCUT2D eigenvalue weighted by Crippen LogP contribution is -2.16. The monoisotopic (exact) mass is 496 g/mol. The molecule has 0 aliphatic rings. The van der Waals surface area contributed by atoms with Gasteiger partial charge in [-0.1, -0.05) is 30.0 Å². The second-order valence-electron chi connectivity index (χ2n) is 6.24. The molecule has 158 valence electrons. The summed E-state index contributed by atoms with van der Waals surface area (Å²) in [6.45, 7) is 4.41. The summed E-state index contributed by atoms with van der Waals surface area (Å²) in [5, 5.41) is 11.4. The van der Waals surface area contributed by atoms with Crippen LogP contribution in [0.3, 0.4) is 0 Å². The van der Waals surface area contributed by atoms with E-state index in [4.69, 9.17) is 4.74 Å². The summed E-state index contributed by atoms with van der Waals surface area (Å²) < 4.78 is 35.0. The van der Waals surface area contributed by atoms with E-state index < -0.39 is 17.5 Å². The summed E-state index contributed by atoms with van der Waals surface area (Å²) in [4.78, 5) is 12.3. The van der Waals surface area contributed by atoms with E-state index in [1.54, 1.807) is 0 Å². The first-order valence-corrected chi connectivity index (χ1v) is 10.9. The predicted molar refractivity (Wildman–Crippen MR) is 115 cm³/mol. The van der Waals surface area contributed by atoms with Gasteiger partial charge in [0.2, 0.25) is 5.91 Å². The number of carbonyl (C=O) groups is 1. The lowest BCUT2D eigenvalue weighted by atomic mass is 10.3. The number of thioether (sulfide) groups is 1. The van der Waals surface area contributed by atoms with Crippen LogP contribution in [-0.4, -0.2) is 26.4 Å². The van der Waals surface area contributed by atoms with Crippen molar-refractivity contribution in [2.45, 2.75) is 31.7 Å². The maximum atomic E-state index is 13.9. The van der Waals surface area contributed by atoms with Crippen LogP contribution in [0.25, 0.3) is 0 Å². The average molecular weight is 497 g/mol. The molecule has 1 aromatic heterocycles. The van der Waals surface area contributed by atoms with E-state index >= 15 is 0 Å². The lowest BCUT2D eigenvalue weighted by molar-refractivity contribution is -0.113. The van der Waals surface area contributed by atoms with Crippen LogP contribution >= 0.6 is 27.7 Å². The van der Waals surface area contributed by atoms with Crippen LogP contribution in [0.5, 0.6) is 5.75 Å². The van der Waals surface area contributed by atoms with Gasteiger partial charge in [0.15, 0.2) is 22.9 Å². The second-order valence-corrected chi connectivity index (χ2v) is 8.04. The van der Waals surface area contributed by atoms with Crippen LogP contribution in [0, 0.1) is 11.6 Å². The van der Waals surface area contributed by atoms with E-state index in [9.17, 15) is 13.6 Å². The highest BCUT2D eigenvalue weighted by Gasteiger charge is 2.20. The first-order valence-electron chi connectivity index (χ1n) is 9.11. The molecule has 1 heterocycles. The highest BCUT2D eigenvalue weighted by molar-refractivity contribution is 9.10. The summed E-state index contributed by atoms with van der Waals surface area (Å²) >= 11 is 4.22. The third-order valence-electron chi connectivity index (χ3n) is 4.09. The van der Waals surface area contributed by atoms with Crippen molar-refractivity contribution in [1.29, 1.82) is 0 Å². The zero-order chi connectivity index (χ0) is 21.7. The van der Waals surface area contributed by atoms with E-state index in [0.29, 0.717) is 23.6 Å². The molecule has 1 N–H and O–H groups in total. The van der Waals surface area contributed by atoms with E-state index in [1.165, 1.54) is 11.8 Å². The highest BCUT2D eigenvalue weighted by Crippen LogP contribution is 2.28. The molecule has 3 aromatic rings. The number of amides is 1. The van der Waals surface area contributed by atoms with Crippen LogP contribution in [0.4, 0.5) is 14.5 Å². The summed E-state index contributed by atoms with van der Waals surface area (Å²) in [5.74, 6) is -0.706. The number of para-hydroxylation sites is 1. The van der Waals surface area contributed by atoms with Gasteiger partial charge in [0, 0.05) is 17.1 Å². The zero-order valence-corrected chi connectivity index (χ0v) is 18.6. The van der Waals surface area contributed by atoms with Gasteiger partial charge < -0.3 is 14.6 Å². The Morgan fingerprint density at radius 2 is 2.00 bits per heavy atom. The number of benzene rings is 2. The van der Waals surface area contributed by atoms with Crippen molar-refractivity contribution in [3.63, 3.8) is 0 Å². The minimum Gasteiger partial charge on any atom is -0.483 e. The normalized spacial score (nSPS) is 11.9. The van der Waals surface area contributed by atoms with Crippen LogP contribution in [0.15, 0.2) is 52.1 Å². The molecule has 0 aliphatic heterocycles. The van der Waals surface area contributed by atoms with Gasteiger partial charge in [-0.2, -0.15) is 0 Å². The Kier molecular flexibility index (Phi) is 7.43.